The van der Waals surface area contributed by atoms with E-state index in [1.165, 1.54) is 23.5 Å². The lowest BCUT2D eigenvalue weighted by molar-refractivity contribution is 0.415. The van der Waals surface area contributed by atoms with E-state index in [0.717, 1.165) is 15.7 Å². The van der Waals surface area contributed by atoms with Crippen LogP contribution in [0.25, 0.3) is 21.3 Å². The number of nitrogens with zero attached hydrogens (tertiary/aromatic N) is 1. The Balaban J connectivity index is 1.89. The van der Waals surface area contributed by atoms with Crippen LogP contribution in [0.2, 0.25) is 0 Å². The molecule has 0 spiro atoms. The number of H-pyrrole nitrogens is 1. The first-order chi connectivity index (χ1) is 13.1. The van der Waals surface area contributed by atoms with Gasteiger partial charge in [0.2, 0.25) is 0 Å². The van der Waals surface area contributed by atoms with Crippen LogP contribution in [0.4, 0.5) is 4.39 Å². The lowest BCUT2D eigenvalue weighted by Gasteiger charge is -2.07. The van der Waals surface area contributed by atoms with Crippen LogP contribution in [-0.4, -0.2) is 16.7 Å². The summed E-state index contributed by atoms with van der Waals surface area (Å²) in [5, 5.41) is 2.27. The summed E-state index contributed by atoms with van der Waals surface area (Å²) in [7, 11) is 1.58. The number of aromatic nitrogens is 2. The molecule has 27 heavy (non-hydrogen) atoms. The third-order valence-electron chi connectivity index (χ3n) is 4.33. The minimum absolute atomic E-state index is 0.00470. The second-order valence-corrected chi connectivity index (χ2v) is 6.92. The van der Waals surface area contributed by atoms with E-state index in [2.05, 4.69) is 4.98 Å². The highest BCUT2D eigenvalue weighted by Gasteiger charge is 2.15. The Labute approximate surface area is 157 Å². The SMILES string of the molecule is COc1cccc(-c2csc3[nH]c(=O)n(Cc4cccc(F)c4)c(=O)c23)c1. The number of nitrogens with one attached hydrogen (secondary N) is 1. The van der Waals surface area contributed by atoms with Gasteiger partial charge in [-0.05, 0) is 35.4 Å². The molecule has 4 aromatic rings. The molecule has 0 aliphatic rings. The fourth-order valence-corrected chi connectivity index (χ4v) is 3.97. The molecular weight excluding hydrogens is 367 g/mol. The average Bonchev–Trinajstić information content (AvgIpc) is 3.09. The zero-order valence-corrected chi connectivity index (χ0v) is 15.2. The van der Waals surface area contributed by atoms with Crippen molar-refractivity contribution in [2.75, 3.05) is 7.11 Å². The number of benzene rings is 2. The molecule has 7 heteroatoms. The van der Waals surface area contributed by atoms with Crippen LogP contribution >= 0.6 is 11.3 Å². The van der Waals surface area contributed by atoms with Crippen molar-refractivity contribution in [2.24, 2.45) is 0 Å². The van der Waals surface area contributed by atoms with Crippen LogP contribution in [-0.2, 0) is 6.54 Å². The van der Waals surface area contributed by atoms with Gasteiger partial charge in [-0.2, -0.15) is 0 Å². The second kappa shape index (κ2) is 6.85. The second-order valence-electron chi connectivity index (χ2n) is 6.04. The Morgan fingerprint density at radius 3 is 2.74 bits per heavy atom. The van der Waals surface area contributed by atoms with Crippen molar-refractivity contribution < 1.29 is 9.13 Å². The first-order valence-electron chi connectivity index (χ1n) is 8.20. The van der Waals surface area contributed by atoms with Gasteiger partial charge in [0.15, 0.2) is 0 Å². The Bertz CT molecular complexity index is 1260. The number of ether oxygens (including phenoxy) is 1. The quantitative estimate of drug-likeness (QED) is 0.586. The number of aromatic amines is 1. The molecule has 2 heterocycles. The molecule has 2 aromatic carbocycles. The van der Waals surface area contributed by atoms with E-state index in [9.17, 15) is 14.0 Å². The van der Waals surface area contributed by atoms with E-state index in [0.29, 0.717) is 21.5 Å². The third kappa shape index (κ3) is 3.17. The Morgan fingerprint density at radius 1 is 1.15 bits per heavy atom. The monoisotopic (exact) mass is 382 g/mol. The molecule has 0 aliphatic carbocycles. The summed E-state index contributed by atoms with van der Waals surface area (Å²) in [4.78, 5) is 28.7. The summed E-state index contributed by atoms with van der Waals surface area (Å²) in [6.07, 6.45) is 0. The number of rotatable bonds is 4. The zero-order chi connectivity index (χ0) is 19.0. The molecule has 0 fully saturated rings. The van der Waals surface area contributed by atoms with Crippen LogP contribution in [0.1, 0.15) is 5.56 Å². The van der Waals surface area contributed by atoms with Crippen molar-refractivity contribution >= 4 is 21.6 Å². The van der Waals surface area contributed by atoms with Gasteiger partial charge in [-0.1, -0.05) is 24.3 Å². The molecule has 1 N–H and O–H groups in total. The Morgan fingerprint density at radius 2 is 1.96 bits per heavy atom. The largest absolute Gasteiger partial charge is 0.497 e. The standard InChI is InChI=1S/C20H15FN2O3S/c1-26-15-7-3-5-13(9-15)16-11-27-18-17(16)19(24)23(20(25)22-18)10-12-4-2-6-14(21)8-12/h2-9,11H,10H2,1H3,(H,22,25). The van der Waals surface area contributed by atoms with Gasteiger partial charge in [0.1, 0.15) is 16.4 Å². The van der Waals surface area contributed by atoms with Crippen molar-refractivity contribution in [3.8, 4) is 16.9 Å². The van der Waals surface area contributed by atoms with Gasteiger partial charge in [0, 0.05) is 10.9 Å². The zero-order valence-electron chi connectivity index (χ0n) is 14.4. The maximum Gasteiger partial charge on any atom is 0.329 e. The fourth-order valence-electron chi connectivity index (χ4n) is 3.02. The maximum atomic E-state index is 13.4. The van der Waals surface area contributed by atoms with Crippen molar-refractivity contribution in [3.05, 3.63) is 86.1 Å². The molecule has 0 radical (unpaired) electrons. The van der Waals surface area contributed by atoms with E-state index < -0.39 is 17.1 Å². The molecule has 2 aromatic heterocycles. The highest BCUT2D eigenvalue weighted by molar-refractivity contribution is 7.17. The van der Waals surface area contributed by atoms with Crippen LogP contribution in [0, 0.1) is 5.82 Å². The molecule has 0 aliphatic heterocycles. The first kappa shape index (κ1) is 17.2. The Hall–Kier alpha value is -3.19. The van der Waals surface area contributed by atoms with Gasteiger partial charge >= 0.3 is 5.69 Å². The highest BCUT2D eigenvalue weighted by Crippen LogP contribution is 2.32. The number of methoxy groups -OCH3 is 1. The molecule has 0 saturated heterocycles. The van der Waals surface area contributed by atoms with E-state index in [-0.39, 0.29) is 6.54 Å². The summed E-state index contributed by atoms with van der Waals surface area (Å²) in [6, 6.07) is 13.2. The van der Waals surface area contributed by atoms with Crippen LogP contribution in [0.15, 0.2) is 63.5 Å². The minimum Gasteiger partial charge on any atom is -0.497 e. The highest BCUT2D eigenvalue weighted by atomic mass is 32.1. The molecule has 0 unspecified atom stereocenters. The molecule has 5 nitrogen and oxygen atoms in total. The minimum atomic E-state index is -0.518. The fraction of sp³-hybridized carbons (Fsp3) is 0.100. The van der Waals surface area contributed by atoms with Gasteiger partial charge in [-0.3, -0.25) is 14.3 Å². The molecule has 0 atom stereocenters. The predicted molar refractivity (Wildman–Crippen MR) is 104 cm³/mol. The summed E-state index contributed by atoms with van der Waals surface area (Å²) >= 11 is 1.30. The predicted octanol–water partition coefficient (Wildman–Crippen LogP) is 3.61. The summed E-state index contributed by atoms with van der Waals surface area (Å²) in [6.45, 7) is -0.00470. The van der Waals surface area contributed by atoms with Gasteiger partial charge in [-0.15, -0.1) is 11.3 Å². The third-order valence-corrected chi connectivity index (χ3v) is 5.22. The van der Waals surface area contributed by atoms with Gasteiger partial charge in [0.05, 0.1) is 19.0 Å². The smallest absolute Gasteiger partial charge is 0.329 e. The van der Waals surface area contributed by atoms with Crippen LogP contribution in [0.3, 0.4) is 0 Å². The van der Waals surface area contributed by atoms with Crippen molar-refractivity contribution in [1.82, 2.24) is 9.55 Å². The van der Waals surface area contributed by atoms with Crippen LogP contribution in [0.5, 0.6) is 5.75 Å². The maximum absolute atomic E-state index is 13.4. The van der Waals surface area contributed by atoms with E-state index in [1.807, 2.05) is 29.6 Å². The molecule has 136 valence electrons. The van der Waals surface area contributed by atoms with E-state index in [1.54, 1.807) is 19.2 Å². The average molecular weight is 382 g/mol. The summed E-state index contributed by atoms with van der Waals surface area (Å²) in [5.41, 5.74) is 1.16. The molecule has 0 amide bonds. The lowest BCUT2D eigenvalue weighted by atomic mass is 10.1. The number of halogens is 1. The first-order valence-corrected chi connectivity index (χ1v) is 9.08. The number of fused-ring (bicyclic) bond motifs is 1. The van der Waals surface area contributed by atoms with Crippen molar-refractivity contribution in [3.63, 3.8) is 0 Å². The summed E-state index contributed by atoms with van der Waals surface area (Å²) in [5.74, 6) is 0.266. The number of hydrogen-bond donors (Lipinski definition) is 1. The number of hydrogen-bond acceptors (Lipinski definition) is 4. The number of thiophene rings is 1. The van der Waals surface area contributed by atoms with E-state index in [4.69, 9.17) is 4.74 Å². The Kier molecular flexibility index (Phi) is 4.37. The molecule has 0 bridgehead atoms. The van der Waals surface area contributed by atoms with Crippen molar-refractivity contribution in [1.29, 1.82) is 0 Å². The normalized spacial score (nSPS) is 11.0. The summed E-state index contributed by atoms with van der Waals surface area (Å²) < 4.78 is 19.8. The van der Waals surface area contributed by atoms with Gasteiger partial charge in [-0.25, -0.2) is 9.18 Å². The molecule has 0 saturated carbocycles. The molecular formula is C20H15FN2O3S. The lowest BCUT2D eigenvalue weighted by Crippen LogP contribution is -2.35. The van der Waals surface area contributed by atoms with Crippen LogP contribution < -0.4 is 16.0 Å². The van der Waals surface area contributed by atoms with E-state index >= 15 is 0 Å². The van der Waals surface area contributed by atoms with Gasteiger partial charge < -0.3 is 4.74 Å². The van der Waals surface area contributed by atoms with Crippen molar-refractivity contribution in [2.45, 2.75) is 6.54 Å². The van der Waals surface area contributed by atoms with Gasteiger partial charge in [0.25, 0.3) is 5.56 Å². The topological polar surface area (TPSA) is 64.1 Å². The molecule has 4 rings (SSSR count).